The van der Waals surface area contributed by atoms with Crippen molar-refractivity contribution in [3.8, 4) is 22.5 Å². The molecule has 0 aliphatic carbocycles. The van der Waals surface area contributed by atoms with Crippen LogP contribution in [0, 0.1) is 0 Å². The second-order valence-electron chi connectivity index (χ2n) is 15.5. The summed E-state index contributed by atoms with van der Waals surface area (Å²) in [5.74, 6) is 0. The number of thiophene rings is 1. The van der Waals surface area contributed by atoms with E-state index in [4.69, 9.17) is 9.40 Å². The molecule has 14 aromatic rings. The number of imidazole rings is 1. The van der Waals surface area contributed by atoms with Crippen LogP contribution < -0.4 is 0 Å². The molecule has 6 aromatic heterocycles. The summed E-state index contributed by atoms with van der Waals surface area (Å²) in [5.41, 5.74) is 15.1. The Balaban J connectivity index is 0.977. The largest absolute Gasteiger partial charge is 0.452 e. The van der Waals surface area contributed by atoms with Gasteiger partial charge in [0, 0.05) is 48.4 Å². The molecule has 0 unspecified atom stereocenters. The quantitative estimate of drug-likeness (QED) is 0.179. The first-order valence-electron chi connectivity index (χ1n) is 20.0. The predicted molar refractivity (Wildman–Crippen MR) is 247 cm³/mol. The van der Waals surface area contributed by atoms with Gasteiger partial charge in [-0.3, -0.25) is 4.40 Å². The number of nitrogens with zero attached hydrogens (tertiary/aromatic N) is 4. The van der Waals surface area contributed by atoms with Crippen LogP contribution in [0.4, 0.5) is 0 Å². The number of furan rings is 1. The molecule has 0 atom stereocenters. The lowest BCUT2D eigenvalue weighted by Crippen LogP contribution is -1.94. The second-order valence-corrected chi connectivity index (χ2v) is 16.6. The van der Waals surface area contributed by atoms with Crippen LogP contribution >= 0.6 is 11.3 Å². The second kappa shape index (κ2) is 11.5. The van der Waals surface area contributed by atoms with Gasteiger partial charge in [0.25, 0.3) is 0 Å². The van der Waals surface area contributed by atoms with Crippen molar-refractivity contribution in [3.05, 3.63) is 182 Å². The van der Waals surface area contributed by atoms with Crippen molar-refractivity contribution in [3.63, 3.8) is 0 Å². The van der Waals surface area contributed by atoms with Crippen molar-refractivity contribution < 1.29 is 4.42 Å². The smallest absolute Gasteiger partial charge is 0.182 e. The number of pyridine rings is 1. The molecule has 0 saturated heterocycles. The van der Waals surface area contributed by atoms with Gasteiger partial charge in [0.2, 0.25) is 0 Å². The fraction of sp³-hybridized carbons (Fsp3) is 0. The zero-order valence-corrected chi connectivity index (χ0v) is 32.2. The number of rotatable bonds is 3. The highest BCUT2D eigenvalue weighted by atomic mass is 32.1. The van der Waals surface area contributed by atoms with Crippen molar-refractivity contribution in [2.75, 3.05) is 0 Å². The molecule has 0 N–H and O–H groups in total. The van der Waals surface area contributed by atoms with Crippen LogP contribution in [0.2, 0.25) is 0 Å². The molecule has 0 bridgehead atoms. The zero-order valence-electron chi connectivity index (χ0n) is 31.4. The summed E-state index contributed by atoms with van der Waals surface area (Å²) < 4.78 is 16.2. The molecule has 59 heavy (non-hydrogen) atoms. The van der Waals surface area contributed by atoms with Crippen LogP contribution in [-0.4, -0.2) is 18.5 Å². The topological polar surface area (TPSA) is 40.3 Å². The Morgan fingerprint density at radius 1 is 0.441 bits per heavy atom. The molecule has 0 aliphatic rings. The maximum absolute atomic E-state index is 6.65. The van der Waals surface area contributed by atoms with Gasteiger partial charge in [-0.1, -0.05) is 103 Å². The zero-order chi connectivity index (χ0) is 38.3. The van der Waals surface area contributed by atoms with Crippen molar-refractivity contribution in [2.24, 2.45) is 0 Å². The minimum absolute atomic E-state index is 0.829. The average molecular weight is 771 g/mol. The van der Waals surface area contributed by atoms with E-state index in [9.17, 15) is 0 Å². The van der Waals surface area contributed by atoms with E-state index in [1.807, 2.05) is 17.4 Å². The van der Waals surface area contributed by atoms with Gasteiger partial charge in [0.1, 0.15) is 5.58 Å². The highest BCUT2D eigenvalue weighted by Crippen LogP contribution is 2.45. The number of fused-ring (bicyclic) bond motifs is 18. The lowest BCUT2D eigenvalue weighted by Gasteiger charge is -2.09. The van der Waals surface area contributed by atoms with Gasteiger partial charge in [-0.05, 0) is 90.0 Å². The minimum Gasteiger partial charge on any atom is -0.452 e. The average Bonchev–Trinajstić information content (AvgIpc) is 4.10. The van der Waals surface area contributed by atoms with E-state index in [2.05, 4.69) is 189 Å². The van der Waals surface area contributed by atoms with E-state index >= 15 is 0 Å². The maximum Gasteiger partial charge on any atom is 0.182 e. The van der Waals surface area contributed by atoms with Crippen molar-refractivity contribution in [1.82, 2.24) is 18.5 Å². The number of hydrogen-bond acceptors (Lipinski definition) is 3. The molecule has 0 amide bonds. The molecule has 0 fully saturated rings. The Hall–Kier alpha value is -7.67. The third-order valence-corrected chi connectivity index (χ3v) is 13.6. The Bertz CT molecular complexity index is 4080. The normalized spacial score (nSPS) is 12.4. The molecule has 5 nitrogen and oxygen atoms in total. The van der Waals surface area contributed by atoms with Gasteiger partial charge in [-0.15, -0.1) is 11.3 Å². The molecule has 0 saturated carbocycles. The van der Waals surface area contributed by atoms with Crippen LogP contribution in [-0.2, 0) is 0 Å². The van der Waals surface area contributed by atoms with Gasteiger partial charge >= 0.3 is 0 Å². The van der Waals surface area contributed by atoms with Gasteiger partial charge < -0.3 is 13.6 Å². The fourth-order valence-electron chi connectivity index (χ4n) is 9.88. The van der Waals surface area contributed by atoms with Gasteiger partial charge in [0.05, 0.1) is 48.7 Å². The summed E-state index contributed by atoms with van der Waals surface area (Å²) >= 11 is 1.83. The highest BCUT2D eigenvalue weighted by molar-refractivity contribution is 7.26. The van der Waals surface area contributed by atoms with Gasteiger partial charge in [-0.2, -0.15) is 0 Å². The van der Waals surface area contributed by atoms with E-state index in [1.165, 1.54) is 69.7 Å². The SMILES string of the molecule is c1ccc(-n2c3ccccc3c3cc(-c4ccc5c(c4)c4ccccc4n5-c4ccc5c(c4)nc4c6oc7ccccc7c6c6sc7ccccc7c6n54)ccc32)cc1. The first kappa shape index (κ1) is 31.4. The Morgan fingerprint density at radius 3 is 1.75 bits per heavy atom. The van der Waals surface area contributed by atoms with Gasteiger partial charge in [-0.25, -0.2) is 4.98 Å². The number of aromatic nitrogens is 4. The van der Waals surface area contributed by atoms with Gasteiger partial charge in [0.15, 0.2) is 11.2 Å². The summed E-state index contributed by atoms with van der Waals surface area (Å²) in [6, 6.07) is 65.7. The van der Waals surface area contributed by atoms with Crippen LogP contribution in [0.3, 0.4) is 0 Å². The third-order valence-electron chi connectivity index (χ3n) is 12.4. The van der Waals surface area contributed by atoms with Crippen molar-refractivity contribution >= 4 is 114 Å². The minimum atomic E-state index is 0.829. The van der Waals surface area contributed by atoms with Crippen LogP contribution in [0.25, 0.3) is 125 Å². The molecule has 0 aliphatic heterocycles. The fourth-order valence-corrected chi connectivity index (χ4v) is 11.1. The van der Waals surface area contributed by atoms with E-state index in [0.29, 0.717) is 0 Å². The van der Waals surface area contributed by atoms with Crippen molar-refractivity contribution in [1.29, 1.82) is 0 Å². The highest BCUT2D eigenvalue weighted by Gasteiger charge is 2.23. The van der Waals surface area contributed by atoms with E-state index in [0.717, 1.165) is 55.3 Å². The predicted octanol–water partition coefficient (Wildman–Crippen LogP) is 14.6. The molecule has 274 valence electrons. The van der Waals surface area contributed by atoms with Crippen LogP contribution in [0.15, 0.2) is 186 Å². The third kappa shape index (κ3) is 4.20. The maximum atomic E-state index is 6.65. The standard InChI is InChI=1S/C53H30N4OS/c1-2-12-33(13-3-1)55-42-18-8-4-14-35(42)39-28-31(22-25-44(39)55)32-23-26-45-40(29-32)36-15-5-9-19-43(36)56(45)34-24-27-46-41(30-34)54-53-51-49(37-16-6-10-20-47(37)58-51)52-50(57(46)53)38-17-7-11-21-48(38)59-52/h1-30H. The number of para-hydroxylation sites is 4. The molecular weight excluding hydrogens is 741 g/mol. The summed E-state index contributed by atoms with van der Waals surface area (Å²) in [7, 11) is 0. The Morgan fingerprint density at radius 2 is 1.02 bits per heavy atom. The van der Waals surface area contributed by atoms with Crippen LogP contribution in [0.5, 0.6) is 0 Å². The number of hydrogen-bond donors (Lipinski definition) is 0. The van der Waals surface area contributed by atoms with Crippen LogP contribution in [0.1, 0.15) is 0 Å². The molecular formula is C53H30N4OS. The van der Waals surface area contributed by atoms with E-state index in [1.54, 1.807) is 0 Å². The summed E-state index contributed by atoms with van der Waals surface area (Å²) in [6.07, 6.45) is 0. The first-order valence-corrected chi connectivity index (χ1v) is 20.8. The monoisotopic (exact) mass is 770 g/mol. The Kier molecular flexibility index (Phi) is 6.11. The molecule has 0 radical (unpaired) electrons. The lowest BCUT2D eigenvalue weighted by molar-refractivity contribution is 0.670. The Labute approximate surface area is 339 Å². The molecule has 0 spiro atoms. The summed E-state index contributed by atoms with van der Waals surface area (Å²) in [4.78, 5) is 5.39. The lowest BCUT2D eigenvalue weighted by atomic mass is 10.0. The van der Waals surface area contributed by atoms with E-state index in [-0.39, 0.29) is 0 Å². The molecule has 6 heterocycles. The first-order chi connectivity index (χ1) is 29.3. The van der Waals surface area contributed by atoms with Crippen molar-refractivity contribution in [2.45, 2.75) is 0 Å². The molecule has 14 rings (SSSR count). The summed E-state index contributed by atoms with van der Waals surface area (Å²) in [5, 5.41) is 8.43. The molecule has 6 heteroatoms. The molecule has 8 aromatic carbocycles. The number of benzene rings is 8. The van der Waals surface area contributed by atoms with E-state index < -0.39 is 0 Å². The summed E-state index contributed by atoms with van der Waals surface area (Å²) in [6.45, 7) is 0.